The molecule has 2 rings (SSSR count). The molecule has 1 fully saturated rings. The van der Waals surface area contributed by atoms with E-state index in [0.717, 1.165) is 18.4 Å². The summed E-state index contributed by atoms with van der Waals surface area (Å²) in [6.07, 6.45) is 10.8. The van der Waals surface area contributed by atoms with Crippen molar-refractivity contribution in [3.8, 4) is 0 Å². The number of hydrogen-bond acceptors (Lipinski definition) is 2. The quantitative estimate of drug-likeness (QED) is 0.841. The molecule has 1 aliphatic carbocycles. The summed E-state index contributed by atoms with van der Waals surface area (Å²) >= 11 is 0. The largest absolute Gasteiger partial charge is 0.312 e. The van der Waals surface area contributed by atoms with Gasteiger partial charge < -0.3 is 5.32 Å². The molecule has 0 saturated heterocycles. The van der Waals surface area contributed by atoms with E-state index in [1.165, 1.54) is 44.2 Å². The van der Waals surface area contributed by atoms with Crippen LogP contribution in [-0.2, 0) is 6.54 Å². The van der Waals surface area contributed by atoms with E-state index >= 15 is 0 Å². The monoisotopic (exact) mass is 232 g/mol. The van der Waals surface area contributed by atoms with Gasteiger partial charge >= 0.3 is 0 Å². The smallest absolute Gasteiger partial charge is 0.0271 e. The lowest BCUT2D eigenvalue weighted by Gasteiger charge is -2.27. The standard InChI is InChI=1S/C15H24N2/c1-2-13-3-5-14(6-4-13)11-17-12-15-7-9-16-10-8-15/h7-10,13-14,17H,2-6,11-12H2,1H3. The summed E-state index contributed by atoms with van der Waals surface area (Å²) in [6.45, 7) is 4.49. The third-order valence-corrected chi connectivity index (χ3v) is 4.06. The second kappa shape index (κ2) is 6.75. The maximum Gasteiger partial charge on any atom is 0.0271 e. The van der Waals surface area contributed by atoms with Crippen molar-refractivity contribution < 1.29 is 0 Å². The average molecular weight is 232 g/mol. The number of rotatable bonds is 5. The van der Waals surface area contributed by atoms with Gasteiger partial charge in [0, 0.05) is 18.9 Å². The Morgan fingerprint density at radius 2 is 1.76 bits per heavy atom. The topological polar surface area (TPSA) is 24.9 Å². The predicted molar refractivity (Wildman–Crippen MR) is 71.7 cm³/mol. The molecule has 0 bridgehead atoms. The minimum absolute atomic E-state index is 0.902. The molecule has 17 heavy (non-hydrogen) atoms. The molecule has 94 valence electrons. The van der Waals surface area contributed by atoms with Crippen LogP contribution in [0.25, 0.3) is 0 Å². The molecule has 0 aliphatic heterocycles. The Kier molecular flexibility index (Phi) is 4.99. The van der Waals surface area contributed by atoms with E-state index in [1.807, 2.05) is 12.4 Å². The molecule has 0 amide bonds. The fraction of sp³-hybridized carbons (Fsp3) is 0.667. The summed E-state index contributed by atoms with van der Waals surface area (Å²) in [5, 5.41) is 3.58. The molecular weight excluding hydrogens is 208 g/mol. The summed E-state index contributed by atoms with van der Waals surface area (Å²) in [5.74, 6) is 1.91. The highest BCUT2D eigenvalue weighted by Crippen LogP contribution is 2.30. The fourth-order valence-electron chi connectivity index (χ4n) is 2.77. The summed E-state index contributed by atoms with van der Waals surface area (Å²) in [6, 6.07) is 4.17. The van der Waals surface area contributed by atoms with Crippen LogP contribution in [0.3, 0.4) is 0 Å². The Hall–Kier alpha value is -0.890. The molecule has 1 aliphatic rings. The SMILES string of the molecule is CCC1CCC(CNCc2ccncc2)CC1. The van der Waals surface area contributed by atoms with Gasteiger partial charge in [-0.05, 0) is 48.9 Å². The van der Waals surface area contributed by atoms with Gasteiger partial charge in [-0.15, -0.1) is 0 Å². The van der Waals surface area contributed by atoms with Crippen molar-refractivity contribution in [1.82, 2.24) is 10.3 Å². The number of aromatic nitrogens is 1. The summed E-state index contributed by atoms with van der Waals surface area (Å²) in [4.78, 5) is 4.03. The number of nitrogens with one attached hydrogen (secondary N) is 1. The van der Waals surface area contributed by atoms with Gasteiger partial charge in [0.15, 0.2) is 0 Å². The first-order valence-electron chi connectivity index (χ1n) is 6.98. The highest BCUT2D eigenvalue weighted by Gasteiger charge is 2.19. The summed E-state index contributed by atoms with van der Waals surface area (Å²) < 4.78 is 0. The lowest BCUT2D eigenvalue weighted by molar-refractivity contribution is 0.262. The van der Waals surface area contributed by atoms with Crippen molar-refractivity contribution in [3.05, 3.63) is 30.1 Å². The number of nitrogens with zero attached hydrogens (tertiary/aromatic N) is 1. The molecule has 1 aromatic heterocycles. The fourth-order valence-corrected chi connectivity index (χ4v) is 2.77. The van der Waals surface area contributed by atoms with Crippen LogP contribution in [0, 0.1) is 11.8 Å². The van der Waals surface area contributed by atoms with Gasteiger partial charge in [-0.25, -0.2) is 0 Å². The van der Waals surface area contributed by atoms with Crippen LogP contribution in [0.1, 0.15) is 44.6 Å². The average Bonchev–Trinajstić information content (AvgIpc) is 2.41. The highest BCUT2D eigenvalue weighted by molar-refractivity contribution is 5.08. The van der Waals surface area contributed by atoms with Gasteiger partial charge in [-0.3, -0.25) is 4.98 Å². The zero-order valence-corrected chi connectivity index (χ0v) is 10.9. The van der Waals surface area contributed by atoms with Gasteiger partial charge in [0.25, 0.3) is 0 Å². The van der Waals surface area contributed by atoms with Crippen LogP contribution < -0.4 is 5.32 Å². The zero-order chi connectivity index (χ0) is 11.9. The summed E-state index contributed by atoms with van der Waals surface area (Å²) in [5.41, 5.74) is 1.34. The van der Waals surface area contributed by atoms with Crippen LogP contribution in [0.4, 0.5) is 0 Å². The first-order valence-corrected chi connectivity index (χ1v) is 6.98. The van der Waals surface area contributed by atoms with Gasteiger partial charge in [-0.1, -0.05) is 26.2 Å². The van der Waals surface area contributed by atoms with Crippen LogP contribution in [-0.4, -0.2) is 11.5 Å². The van der Waals surface area contributed by atoms with Crippen molar-refractivity contribution in [2.75, 3.05) is 6.54 Å². The third-order valence-electron chi connectivity index (χ3n) is 4.06. The van der Waals surface area contributed by atoms with Crippen molar-refractivity contribution in [2.24, 2.45) is 11.8 Å². The minimum Gasteiger partial charge on any atom is -0.312 e. The molecular formula is C15H24N2. The first kappa shape index (κ1) is 12.6. The first-order chi connectivity index (χ1) is 8.38. The van der Waals surface area contributed by atoms with E-state index < -0.39 is 0 Å². The second-order valence-corrected chi connectivity index (χ2v) is 5.28. The molecule has 2 heteroatoms. The lowest BCUT2D eigenvalue weighted by Crippen LogP contribution is -2.26. The van der Waals surface area contributed by atoms with Crippen LogP contribution >= 0.6 is 0 Å². The molecule has 0 aromatic carbocycles. The van der Waals surface area contributed by atoms with E-state index in [1.54, 1.807) is 0 Å². The maximum absolute atomic E-state index is 4.03. The molecule has 0 spiro atoms. The van der Waals surface area contributed by atoms with Crippen LogP contribution in [0.2, 0.25) is 0 Å². The van der Waals surface area contributed by atoms with Gasteiger partial charge in [0.1, 0.15) is 0 Å². The van der Waals surface area contributed by atoms with Gasteiger partial charge in [-0.2, -0.15) is 0 Å². The number of pyridine rings is 1. The van der Waals surface area contributed by atoms with Crippen molar-refractivity contribution in [1.29, 1.82) is 0 Å². The molecule has 1 N–H and O–H groups in total. The van der Waals surface area contributed by atoms with E-state index in [4.69, 9.17) is 0 Å². The minimum atomic E-state index is 0.902. The van der Waals surface area contributed by atoms with E-state index in [-0.39, 0.29) is 0 Å². The van der Waals surface area contributed by atoms with Crippen LogP contribution in [0.5, 0.6) is 0 Å². The van der Waals surface area contributed by atoms with Crippen molar-refractivity contribution in [3.63, 3.8) is 0 Å². The molecule has 0 atom stereocenters. The molecule has 2 nitrogen and oxygen atoms in total. The second-order valence-electron chi connectivity index (χ2n) is 5.28. The van der Waals surface area contributed by atoms with Gasteiger partial charge in [0.05, 0.1) is 0 Å². The molecule has 1 saturated carbocycles. The highest BCUT2D eigenvalue weighted by atomic mass is 14.9. The van der Waals surface area contributed by atoms with Crippen LogP contribution in [0.15, 0.2) is 24.5 Å². The van der Waals surface area contributed by atoms with E-state index in [9.17, 15) is 0 Å². The van der Waals surface area contributed by atoms with Crippen molar-refractivity contribution >= 4 is 0 Å². The Labute approximate surface area is 105 Å². The van der Waals surface area contributed by atoms with E-state index in [2.05, 4.69) is 29.4 Å². The van der Waals surface area contributed by atoms with E-state index in [0.29, 0.717) is 0 Å². The zero-order valence-electron chi connectivity index (χ0n) is 10.9. The predicted octanol–water partition coefficient (Wildman–Crippen LogP) is 3.39. The Balaban J connectivity index is 1.63. The molecule has 1 aromatic rings. The Morgan fingerprint density at radius 1 is 1.12 bits per heavy atom. The maximum atomic E-state index is 4.03. The van der Waals surface area contributed by atoms with Gasteiger partial charge in [0.2, 0.25) is 0 Å². The third kappa shape index (κ3) is 4.12. The molecule has 0 radical (unpaired) electrons. The number of hydrogen-bond donors (Lipinski definition) is 1. The van der Waals surface area contributed by atoms with Crippen molar-refractivity contribution in [2.45, 2.75) is 45.6 Å². The lowest BCUT2D eigenvalue weighted by atomic mass is 9.81. The molecule has 0 unspecified atom stereocenters. The Bertz CT molecular complexity index is 302. The normalized spacial score (nSPS) is 24.8. The Morgan fingerprint density at radius 3 is 2.41 bits per heavy atom. The summed E-state index contributed by atoms with van der Waals surface area (Å²) in [7, 11) is 0. The molecule has 1 heterocycles.